The van der Waals surface area contributed by atoms with E-state index in [4.69, 9.17) is 4.74 Å². The molecule has 106 valence electrons. The minimum atomic E-state index is -0.934. The minimum Gasteiger partial charge on any atom is -0.481 e. The molecule has 1 saturated carbocycles. The lowest BCUT2D eigenvalue weighted by Crippen LogP contribution is -2.50. The van der Waals surface area contributed by atoms with Crippen LogP contribution in [0.15, 0.2) is 25.3 Å². The number of carboxylic acids is 1. The molecule has 2 atom stereocenters. The number of aliphatic hydroxyl groups is 1. The molecule has 2 N–H and O–H groups in total. The number of aliphatic hydroxyl groups excluding tert-OH is 1. The number of rotatable bonds is 6. The van der Waals surface area contributed by atoms with Crippen LogP contribution < -0.4 is 0 Å². The summed E-state index contributed by atoms with van der Waals surface area (Å²) in [5, 5.41) is 19.4. The van der Waals surface area contributed by atoms with Gasteiger partial charge >= 0.3 is 5.97 Å². The first-order valence-corrected chi connectivity index (χ1v) is 6.76. The summed E-state index contributed by atoms with van der Waals surface area (Å²) < 4.78 is 6.18. The molecule has 0 aromatic carbocycles. The SMILES string of the molecule is C=CCC1(CC=C)OC2(CO)CCCC1(C(=O)O)C2. The Morgan fingerprint density at radius 3 is 2.37 bits per heavy atom. The summed E-state index contributed by atoms with van der Waals surface area (Å²) >= 11 is 0. The molecule has 2 bridgehead atoms. The van der Waals surface area contributed by atoms with Gasteiger partial charge in [-0.15, -0.1) is 13.2 Å². The predicted molar refractivity (Wildman–Crippen MR) is 71.8 cm³/mol. The van der Waals surface area contributed by atoms with E-state index in [0.717, 1.165) is 6.42 Å². The maximum Gasteiger partial charge on any atom is 0.312 e. The number of hydrogen-bond acceptors (Lipinski definition) is 3. The summed E-state index contributed by atoms with van der Waals surface area (Å²) in [6.07, 6.45) is 6.80. The van der Waals surface area contributed by atoms with Gasteiger partial charge in [-0.3, -0.25) is 4.79 Å². The average molecular weight is 266 g/mol. The van der Waals surface area contributed by atoms with Crippen LogP contribution in [0.25, 0.3) is 0 Å². The first-order chi connectivity index (χ1) is 9.00. The van der Waals surface area contributed by atoms with Gasteiger partial charge < -0.3 is 14.9 Å². The highest BCUT2D eigenvalue weighted by Gasteiger charge is 2.68. The monoisotopic (exact) mass is 266 g/mol. The summed E-state index contributed by atoms with van der Waals surface area (Å²) in [5.74, 6) is -0.828. The Morgan fingerprint density at radius 1 is 1.26 bits per heavy atom. The largest absolute Gasteiger partial charge is 0.481 e. The van der Waals surface area contributed by atoms with Gasteiger partial charge in [-0.1, -0.05) is 12.2 Å². The Morgan fingerprint density at radius 2 is 1.89 bits per heavy atom. The highest BCUT2D eigenvalue weighted by molar-refractivity contribution is 5.77. The van der Waals surface area contributed by atoms with Crippen molar-refractivity contribution in [1.82, 2.24) is 0 Å². The number of hydrogen-bond donors (Lipinski definition) is 2. The fourth-order valence-electron chi connectivity index (χ4n) is 4.00. The molecule has 1 saturated heterocycles. The maximum atomic E-state index is 11.9. The molecule has 2 fully saturated rings. The van der Waals surface area contributed by atoms with E-state index in [1.807, 2.05) is 0 Å². The molecule has 2 aliphatic rings. The lowest BCUT2D eigenvalue weighted by Gasteiger charge is -2.40. The molecule has 1 aliphatic carbocycles. The van der Waals surface area contributed by atoms with Crippen molar-refractivity contribution in [3.05, 3.63) is 25.3 Å². The van der Waals surface area contributed by atoms with Crippen LogP contribution in [-0.2, 0) is 9.53 Å². The van der Waals surface area contributed by atoms with Crippen molar-refractivity contribution in [2.24, 2.45) is 5.41 Å². The van der Waals surface area contributed by atoms with Crippen LogP contribution in [0.5, 0.6) is 0 Å². The molecule has 0 spiro atoms. The number of fused-ring (bicyclic) bond motifs is 2. The summed E-state index contributed by atoms with van der Waals surface area (Å²) in [5.41, 5.74) is -2.46. The predicted octanol–water partition coefficient (Wildman–Crippen LogP) is 2.28. The zero-order chi connectivity index (χ0) is 14.1. The lowest BCUT2D eigenvalue weighted by atomic mass is 9.61. The second kappa shape index (κ2) is 4.76. The highest BCUT2D eigenvalue weighted by Crippen LogP contribution is 2.61. The van der Waals surface area contributed by atoms with Crippen LogP contribution in [0.3, 0.4) is 0 Å². The molecule has 0 aromatic heterocycles. The summed E-state index contributed by atoms with van der Waals surface area (Å²) in [6.45, 7) is 7.34. The number of ether oxygens (including phenoxy) is 1. The Kier molecular flexibility index (Phi) is 3.58. The van der Waals surface area contributed by atoms with Gasteiger partial charge in [0.25, 0.3) is 0 Å². The summed E-state index contributed by atoms with van der Waals surface area (Å²) in [4.78, 5) is 11.9. The van der Waals surface area contributed by atoms with Crippen LogP contribution in [0.4, 0.5) is 0 Å². The molecule has 0 aromatic rings. The van der Waals surface area contributed by atoms with Crippen molar-refractivity contribution in [2.45, 2.75) is 49.7 Å². The Labute approximate surface area is 113 Å². The van der Waals surface area contributed by atoms with Gasteiger partial charge in [-0.25, -0.2) is 0 Å². The van der Waals surface area contributed by atoms with Crippen molar-refractivity contribution in [1.29, 1.82) is 0 Å². The molecule has 1 aliphatic heterocycles. The Balaban J connectivity index is 2.52. The normalized spacial score (nSPS) is 35.8. The van der Waals surface area contributed by atoms with E-state index in [2.05, 4.69) is 13.2 Å². The molecule has 19 heavy (non-hydrogen) atoms. The first kappa shape index (κ1) is 14.3. The average Bonchev–Trinajstić information content (AvgIpc) is 2.57. The molecular formula is C15H22O4. The highest BCUT2D eigenvalue weighted by atomic mass is 16.5. The van der Waals surface area contributed by atoms with Crippen molar-refractivity contribution < 1.29 is 19.7 Å². The zero-order valence-electron chi connectivity index (χ0n) is 11.2. The van der Waals surface area contributed by atoms with E-state index in [0.29, 0.717) is 32.1 Å². The van der Waals surface area contributed by atoms with Gasteiger partial charge in [0.15, 0.2) is 0 Å². The standard InChI is InChI=1S/C15H22O4/c1-3-6-15(7-4-2)14(12(17)18)9-5-8-13(10-14,11-16)19-15/h3-4,16H,1-2,5-11H2,(H,17,18). The third-order valence-electron chi connectivity index (χ3n) is 4.79. The molecule has 2 rings (SSSR count). The Bertz CT molecular complexity index is 393. The number of carbonyl (C=O) groups is 1. The van der Waals surface area contributed by atoms with Crippen LogP contribution >= 0.6 is 0 Å². The van der Waals surface area contributed by atoms with Crippen molar-refractivity contribution in [3.63, 3.8) is 0 Å². The van der Waals surface area contributed by atoms with E-state index in [1.165, 1.54) is 0 Å². The van der Waals surface area contributed by atoms with Crippen LogP contribution in [0.1, 0.15) is 38.5 Å². The van der Waals surface area contributed by atoms with Crippen LogP contribution in [0.2, 0.25) is 0 Å². The number of aliphatic carboxylic acids is 1. The van der Waals surface area contributed by atoms with Gasteiger partial charge in [0, 0.05) is 0 Å². The zero-order valence-corrected chi connectivity index (χ0v) is 11.2. The quantitative estimate of drug-likeness (QED) is 0.724. The molecule has 1 heterocycles. The lowest BCUT2D eigenvalue weighted by molar-refractivity contribution is -0.166. The van der Waals surface area contributed by atoms with E-state index in [-0.39, 0.29) is 6.61 Å². The van der Waals surface area contributed by atoms with Gasteiger partial charge in [-0.2, -0.15) is 0 Å². The second-order valence-electron chi connectivity index (χ2n) is 5.84. The molecule has 0 amide bonds. The third-order valence-corrected chi connectivity index (χ3v) is 4.79. The van der Waals surface area contributed by atoms with E-state index in [1.54, 1.807) is 12.2 Å². The molecular weight excluding hydrogens is 244 g/mol. The fourth-order valence-corrected chi connectivity index (χ4v) is 4.00. The third kappa shape index (κ3) is 1.85. The molecule has 4 nitrogen and oxygen atoms in total. The van der Waals surface area contributed by atoms with E-state index >= 15 is 0 Å². The Hall–Kier alpha value is -1.13. The fraction of sp³-hybridized carbons (Fsp3) is 0.667. The first-order valence-electron chi connectivity index (χ1n) is 6.76. The van der Waals surface area contributed by atoms with Crippen molar-refractivity contribution in [2.75, 3.05) is 6.61 Å². The smallest absolute Gasteiger partial charge is 0.312 e. The second-order valence-corrected chi connectivity index (χ2v) is 5.84. The van der Waals surface area contributed by atoms with Crippen molar-refractivity contribution in [3.8, 4) is 0 Å². The van der Waals surface area contributed by atoms with Crippen LogP contribution in [-0.4, -0.2) is 34.0 Å². The van der Waals surface area contributed by atoms with E-state index in [9.17, 15) is 15.0 Å². The molecule has 4 heteroatoms. The van der Waals surface area contributed by atoms with Crippen LogP contribution in [0, 0.1) is 5.41 Å². The van der Waals surface area contributed by atoms with Gasteiger partial charge in [-0.05, 0) is 38.5 Å². The van der Waals surface area contributed by atoms with E-state index < -0.39 is 22.6 Å². The topological polar surface area (TPSA) is 66.8 Å². The maximum absolute atomic E-state index is 11.9. The van der Waals surface area contributed by atoms with Gasteiger partial charge in [0.05, 0.1) is 17.8 Å². The molecule has 2 unspecified atom stereocenters. The molecule has 0 radical (unpaired) electrons. The van der Waals surface area contributed by atoms with Gasteiger partial charge in [0.2, 0.25) is 0 Å². The number of carboxylic acid groups (broad SMARTS) is 1. The van der Waals surface area contributed by atoms with Gasteiger partial charge in [0.1, 0.15) is 5.41 Å². The summed E-state index contributed by atoms with van der Waals surface area (Å²) in [7, 11) is 0. The van der Waals surface area contributed by atoms with Crippen molar-refractivity contribution >= 4 is 5.97 Å². The summed E-state index contributed by atoms with van der Waals surface area (Å²) in [6, 6.07) is 0. The minimum absolute atomic E-state index is 0.127.